The Bertz CT molecular complexity index is 2810. The van der Waals surface area contributed by atoms with Crippen LogP contribution >= 0.6 is 11.3 Å². The van der Waals surface area contributed by atoms with Crippen molar-refractivity contribution in [3.05, 3.63) is 151 Å². The Morgan fingerprint density at radius 1 is 0.509 bits per heavy atom. The first-order valence-electron chi connectivity index (χ1n) is 19.9. The van der Waals surface area contributed by atoms with E-state index in [1.165, 1.54) is 73.2 Å². The average Bonchev–Trinajstić information content (AvgIpc) is 3.77. The van der Waals surface area contributed by atoms with Gasteiger partial charge in [0.05, 0.1) is 11.1 Å². The van der Waals surface area contributed by atoms with Crippen molar-refractivity contribution in [1.29, 1.82) is 0 Å². The summed E-state index contributed by atoms with van der Waals surface area (Å²) >= 11 is 1.91. The Labute approximate surface area is 325 Å². The smallest absolute Gasteiger partial charge is 0.164 e. The van der Waals surface area contributed by atoms with Crippen LogP contribution in [0.15, 0.2) is 146 Å². The summed E-state index contributed by atoms with van der Waals surface area (Å²) in [5.74, 6) is 4.49. The van der Waals surface area contributed by atoms with E-state index in [4.69, 9.17) is 15.0 Å². The van der Waals surface area contributed by atoms with Crippen molar-refractivity contribution >= 4 is 53.3 Å². The third-order valence-electron chi connectivity index (χ3n) is 13.0. The summed E-state index contributed by atoms with van der Waals surface area (Å²) in [7, 11) is 0. The molecule has 3 aromatic heterocycles. The van der Waals surface area contributed by atoms with Gasteiger partial charge in [-0.15, -0.1) is 11.3 Å². The van der Waals surface area contributed by atoms with Gasteiger partial charge < -0.3 is 4.57 Å². The van der Waals surface area contributed by atoms with Crippen LogP contribution < -0.4 is 0 Å². The lowest BCUT2D eigenvalue weighted by atomic mass is 9.54. The van der Waals surface area contributed by atoms with Crippen molar-refractivity contribution in [2.24, 2.45) is 23.7 Å². The number of para-hydroxylation sites is 1. The summed E-state index contributed by atoms with van der Waals surface area (Å²) in [5, 5.41) is 5.51. The topological polar surface area (TPSA) is 43.6 Å². The second-order valence-electron chi connectivity index (χ2n) is 16.2. The van der Waals surface area contributed by atoms with Gasteiger partial charge in [-0.25, -0.2) is 15.0 Å². The number of benzene rings is 6. The second kappa shape index (κ2) is 12.7. The van der Waals surface area contributed by atoms with Gasteiger partial charge in [0.15, 0.2) is 17.5 Å². The lowest BCUT2D eigenvalue weighted by Crippen LogP contribution is -2.54. The van der Waals surface area contributed by atoms with Crippen LogP contribution in [0.4, 0.5) is 0 Å². The van der Waals surface area contributed by atoms with Gasteiger partial charge in [-0.2, -0.15) is 0 Å². The Kier molecular flexibility index (Phi) is 7.57. The lowest BCUT2D eigenvalue weighted by Gasteiger charge is -2.56. The molecule has 0 N–H and O–H groups in total. The minimum absolute atomic E-state index is 0.228. The fraction of sp³-hybridized carbons (Fsp3) is 0.220. The maximum Gasteiger partial charge on any atom is 0.164 e. The zero-order chi connectivity index (χ0) is 36.7. The highest BCUT2D eigenvalue weighted by Crippen LogP contribution is 2.59. The van der Waals surface area contributed by atoms with Crippen molar-refractivity contribution in [3.63, 3.8) is 0 Å². The predicted molar refractivity (Wildman–Crippen MR) is 229 cm³/mol. The molecular weight excluding hydrogens is 689 g/mol. The fourth-order valence-electron chi connectivity index (χ4n) is 10.9. The van der Waals surface area contributed by atoms with Crippen LogP contribution in [0.1, 0.15) is 45.1 Å². The molecule has 3 heterocycles. The van der Waals surface area contributed by atoms with Gasteiger partial charge in [-0.1, -0.05) is 135 Å². The number of hydrogen-bond donors (Lipinski definition) is 0. The first kappa shape index (κ1) is 32.8. The summed E-state index contributed by atoms with van der Waals surface area (Å²) in [6, 6.07) is 52.9. The Balaban J connectivity index is 1.15. The van der Waals surface area contributed by atoms with E-state index in [9.17, 15) is 0 Å². The number of fused-ring (bicyclic) bond motifs is 9. The molecule has 6 aromatic carbocycles. The standard InChI is InChI=1S/C50H42N4S/c1-31-27-33-29-32(2)50(38(28-31)30-33,54-41-19-11-9-17-39(41)45-42(54)25-26-44-46(45)40-18-10-12-20-43(40)55-44)37-23-21-36(22-24-37)49-52-47(34-13-5-3-6-14-34)51-48(53-49)35-15-7-4-8-16-35/h3-26,31-33,38H,27-30H2,1-2H3. The summed E-state index contributed by atoms with van der Waals surface area (Å²) in [4.78, 5) is 15.1. The van der Waals surface area contributed by atoms with E-state index in [1.807, 2.05) is 47.7 Å². The number of aromatic nitrogens is 4. The lowest BCUT2D eigenvalue weighted by molar-refractivity contribution is 0.00296. The van der Waals surface area contributed by atoms with E-state index < -0.39 is 0 Å². The highest BCUT2D eigenvalue weighted by atomic mass is 32.1. The summed E-state index contributed by atoms with van der Waals surface area (Å²) in [6.07, 6.45) is 5.07. The molecular formula is C50H42N4S. The molecule has 55 heavy (non-hydrogen) atoms. The van der Waals surface area contributed by atoms with Gasteiger partial charge in [-0.3, -0.25) is 0 Å². The first-order valence-corrected chi connectivity index (χ1v) is 20.7. The van der Waals surface area contributed by atoms with Gasteiger partial charge in [0.25, 0.3) is 0 Å². The van der Waals surface area contributed by atoms with Gasteiger partial charge in [0.2, 0.25) is 0 Å². The van der Waals surface area contributed by atoms with Gasteiger partial charge in [0.1, 0.15) is 0 Å². The van der Waals surface area contributed by atoms with Crippen molar-refractivity contribution in [2.75, 3.05) is 0 Å². The predicted octanol–water partition coefficient (Wildman–Crippen LogP) is 13.2. The van der Waals surface area contributed by atoms with Crippen LogP contribution in [0.2, 0.25) is 0 Å². The van der Waals surface area contributed by atoms with Gasteiger partial charge >= 0.3 is 0 Å². The first-order chi connectivity index (χ1) is 27.1. The molecule has 2 fully saturated rings. The average molecular weight is 731 g/mol. The quantitative estimate of drug-likeness (QED) is 0.177. The Morgan fingerprint density at radius 3 is 1.80 bits per heavy atom. The van der Waals surface area contributed by atoms with Crippen LogP contribution in [-0.2, 0) is 5.54 Å². The molecule has 0 radical (unpaired) electrons. The van der Waals surface area contributed by atoms with Crippen LogP contribution in [0.25, 0.3) is 76.1 Å². The van der Waals surface area contributed by atoms with Crippen molar-refractivity contribution < 1.29 is 0 Å². The largest absolute Gasteiger partial charge is 0.329 e. The molecule has 5 unspecified atom stereocenters. The molecule has 0 amide bonds. The summed E-state index contributed by atoms with van der Waals surface area (Å²) in [6.45, 7) is 5.04. The molecule has 5 heteroatoms. The van der Waals surface area contributed by atoms with Crippen molar-refractivity contribution in [2.45, 2.75) is 45.1 Å². The minimum Gasteiger partial charge on any atom is -0.329 e. The molecule has 268 valence electrons. The van der Waals surface area contributed by atoms with Crippen LogP contribution in [0, 0.1) is 23.7 Å². The van der Waals surface area contributed by atoms with E-state index in [0.717, 1.165) is 22.6 Å². The minimum atomic E-state index is -0.228. The monoisotopic (exact) mass is 730 g/mol. The molecule has 0 aliphatic heterocycles. The summed E-state index contributed by atoms with van der Waals surface area (Å²) in [5.41, 5.74) is 6.81. The normalized spacial score (nSPS) is 22.5. The molecule has 2 saturated carbocycles. The van der Waals surface area contributed by atoms with Crippen molar-refractivity contribution in [3.8, 4) is 34.2 Å². The fourth-order valence-corrected chi connectivity index (χ4v) is 12.0. The molecule has 9 aromatic rings. The van der Waals surface area contributed by atoms with E-state index in [1.54, 1.807) is 0 Å². The highest BCUT2D eigenvalue weighted by molar-refractivity contribution is 7.26. The molecule has 2 aliphatic carbocycles. The third kappa shape index (κ3) is 5.05. The molecule has 0 saturated heterocycles. The van der Waals surface area contributed by atoms with Crippen LogP contribution in [-0.4, -0.2) is 19.5 Å². The molecule has 4 nitrogen and oxygen atoms in total. The zero-order valence-electron chi connectivity index (χ0n) is 31.2. The molecule has 2 bridgehead atoms. The number of hydrogen-bond acceptors (Lipinski definition) is 4. The number of thiophene rings is 1. The molecule has 0 spiro atoms. The maximum absolute atomic E-state index is 5.09. The summed E-state index contributed by atoms with van der Waals surface area (Å²) < 4.78 is 5.54. The number of nitrogens with zero attached hydrogens (tertiary/aromatic N) is 4. The zero-order valence-corrected chi connectivity index (χ0v) is 32.0. The van der Waals surface area contributed by atoms with E-state index in [2.05, 4.69) is 128 Å². The maximum atomic E-state index is 5.09. The van der Waals surface area contributed by atoms with Crippen LogP contribution in [0.3, 0.4) is 0 Å². The molecule has 11 rings (SSSR count). The Hall–Kier alpha value is -5.65. The number of rotatable bonds is 5. The van der Waals surface area contributed by atoms with Gasteiger partial charge in [0, 0.05) is 53.2 Å². The highest BCUT2D eigenvalue weighted by Gasteiger charge is 2.54. The molecule has 5 atom stereocenters. The molecule has 2 aliphatic rings. The SMILES string of the molecule is CC1CC2CC(C)C(c3ccc(-c4nc(-c5ccccc5)nc(-c5ccccc5)n4)cc3)(n3c4ccccc4c4c5c(ccc43)sc3ccccc35)C(C1)C2. The second-order valence-corrected chi connectivity index (χ2v) is 17.3. The third-order valence-corrected chi connectivity index (χ3v) is 14.1. The Morgan fingerprint density at radius 2 is 1.11 bits per heavy atom. The van der Waals surface area contributed by atoms with Crippen LogP contribution in [0.5, 0.6) is 0 Å². The van der Waals surface area contributed by atoms with E-state index in [-0.39, 0.29) is 5.54 Å². The van der Waals surface area contributed by atoms with Gasteiger partial charge in [-0.05, 0) is 79.2 Å². The van der Waals surface area contributed by atoms with Crippen molar-refractivity contribution in [1.82, 2.24) is 19.5 Å². The van der Waals surface area contributed by atoms with E-state index >= 15 is 0 Å². The van der Waals surface area contributed by atoms with E-state index in [0.29, 0.717) is 35.2 Å².